The lowest BCUT2D eigenvalue weighted by atomic mass is 10.1. The Hall–Kier alpha value is -0.910. The van der Waals surface area contributed by atoms with Gasteiger partial charge < -0.3 is 25.0 Å². The zero-order valence-corrected chi connectivity index (χ0v) is 18.8. The molecular weight excluding hydrogens is 447 g/mol. The number of nitrogens with one attached hydrogen (secondary N) is 2. The average Bonchev–Trinajstić information content (AvgIpc) is 3.23. The van der Waals surface area contributed by atoms with Gasteiger partial charge in [-0.1, -0.05) is 0 Å². The molecule has 3 unspecified atom stereocenters. The molecule has 2 heterocycles. The fraction of sp³-hybridized carbons (Fsp3) is 0.765. The Morgan fingerprint density at radius 3 is 2.85 bits per heavy atom. The molecule has 150 valence electrons. The van der Waals surface area contributed by atoms with Crippen molar-refractivity contribution in [3.05, 3.63) is 18.0 Å². The molecule has 1 aliphatic heterocycles. The molecule has 2 rings (SSSR count). The number of ether oxygens (including phenoxy) is 2. The van der Waals surface area contributed by atoms with Crippen molar-refractivity contribution >= 4 is 29.9 Å². The predicted octanol–water partition coefficient (Wildman–Crippen LogP) is 1.000. The molecule has 1 aliphatic rings. The van der Waals surface area contributed by atoms with Gasteiger partial charge in [0.15, 0.2) is 5.96 Å². The van der Waals surface area contributed by atoms with Gasteiger partial charge in [0.1, 0.15) is 0 Å². The standard InChI is InChI=1S/C17H32N6O2.HI/c1-13(11-25-15-6-7-24-12-15)21-17(18-2)19-9-16(22(3)4)14-8-20-23(5)10-14;/h8,10,13,15-16H,6-7,9,11-12H2,1-5H3,(H2,18,19,21);1H. The number of aliphatic imine (C=N–C) groups is 1. The molecule has 0 aliphatic carbocycles. The quantitative estimate of drug-likeness (QED) is 0.329. The minimum absolute atomic E-state index is 0. The van der Waals surface area contributed by atoms with E-state index in [0.29, 0.717) is 13.2 Å². The second-order valence-electron chi connectivity index (χ2n) is 6.74. The topological polar surface area (TPSA) is 75.9 Å². The first-order chi connectivity index (χ1) is 12.0. The van der Waals surface area contributed by atoms with Gasteiger partial charge in [-0.3, -0.25) is 9.67 Å². The second kappa shape index (κ2) is 11.7. The van der Waals surface area contributed by atoms with Crippen LogP contribution in [0, 0.1) is 0 Å². The van der Waals surface area contributed by atoms with Gasteiger partial charge in [-0.2, -0.15) is 5.10 Å². The molecular formula is C17H33IN6O2. The van der Waals surface area contributed by atoms with Gasteiger partial charge >= 0.3 is 0 Å². The minimum Gasteiger partial charge on any atom is -0.379 e. The molecule has 8 nitrogen and oxygen atoms in total. The van der Waals surface area contributed by atoms with Crippen molar-refractivity contribution in [1.82, 2.24) is 25.3 Å². The molecule has 0 aromatic carbocycles. The Kier molecular flexibility index (Phi) is 10.4. The summed E-state index contributed by atoms with van der Waals surface area (Å²) in [5, 5.41) is 11.0. The van der Waals surface area contributed by atoms with E-state index in [0.717, 1.165) is 25.5 Å². The molecule has 1 fully saturated rings. The normalized spacial score (nSPS) is 19.9. The Morgan fingerprint density at radius 1 is 1.54 bits per heavy atom. The van der Waals surface area contributed by atoms with Gasteiger partial charge in [-0.25, -0.2) is 0 Å². The average molecular weight is 480 g/mol. The van der Waals surface area contributed by atoms with Crippen molar-refractivity contribution in [2.45, 2.75) is 31.5 Å². The SMILES string of the molecule is CN=C(NCC(c1cnn(C)c1)N(C)C)NC(C)COC1CCOC1.I. The van der Waals surface area contributed by atoms with Gasteiger partial charge in [-0.15, -0.1) is 24.0 Å². The highest BCUT2D eigenvalue weighted by Gasteiger charge is 2.19. The summed E-state index contributed by atoms with van der Waals surface area (Å²) in [6, 6.07) is 0.387. The van der Waals surface area contributed by atoms with Gasteiger partial charge in [0.2, 0.25) is 0 Å². The molecule has 9 heteroatoms. The molecule has 3 atom stereocenters. The van der Waals surface area contributed by atoms with Crippen molar-refractivity contribution in [3.8, 4) is 0 Å². The number of halogens is 1. The van der Waals surface area contributed by atoms with Gasteiger partial charge in [0.05, 0.1) is 31.6 Å². The summed E-state index contributed by atoms with van der Waals surface area (Å²) in [5.74, 6) is 0.773. The van der Waals surface area contributed by atoms with Crippen LogP contribution in [0.5, 0.6) is 0 Å². The van der Waals surface area contributed by atoms with Crippen LogP contribution in [-0.2, 0) is 16.5 Å². The molecule has 26 heavy (non-hydrogen) atoms. The lowest BCUT2D eigenvalue weighted by Crippen LogP contribution is -2.46. The minimum atomic E-state index is 0. The second-order valence-corrected chi connectivity index (χ2v) is 6.74. The number of aryl methyl sites for hydroxylation is 1. The smallest absolute Gasteiger partial charge is 0.191 e. The van der Waals surface area contributed by atoms with Crippen LogP contribution in [0.3, 0.4) is 0 Å². The Bertz CT molecular complexity index is 545. The Labute approximate surface area is 173 Å². The summed E-state index contributed by atoms with van der Waals surface area (Å²) in [7, 11) is 7.84. The molecule has 0 radical (unpaired) electrons. The lowest BCUT2D eigenvalue weighted by molar-refractivity contribution is 0.0347. The van der Waals surface area contributed by atoms with Crippen LogP contribution in [0.2, 0.25) is 0 Å². The summed E-state index contributed by atoms with van der Waals surface area (Å²) >= 11 is 0. The van der Waals surface area contributed by atoms with Crippen LogP contribution in [0.15, 0.2) is 17.4 Å². The zero-order chi connectivity index (χ0) is 18.2. The van der Waals surface area contributed by atoms with E-state index in [-0.39, 0.29) is 42.2 Å². The maximum Gasteiger partial charge on any atom is 0.191 e. The van der Waals surface area contributed by atoms with Crippen LogP contribution in [0.4, 0.5) is 0 Å². The first-order valence-corrected chi connectivity index (χ1v) is 8.81. The highest BCUT2D eigenvalue weighted by Crippen LogP contribution is 2.16. The van der Waals surface area contributed by atoms with Crippen LogP contribution in [-0.4, -0.2) is 80.3 Å². The third-order valence-corrected chi connectivity index (χ3v) is 4.27. The van der Waals surface area contributed by atoms with Crippen LogP contribution in [0.25, 0.3) is 0 Å². The van der Waals surface area contributed by atoms with Gasteiger partial charge in [0.25, 0.3) is 0 Å². The van der Waals surface area contributed by atoms with E-state index in [1.807, 2.05) is 24.1 Å². The van der Waals surface area contributed by atoms with E-state index in [9.17, 15) is 0 Å². The lowest BCUT2D eigenvalue weighted by Gasteiger charge is -2.25. The van der Waals surface area contributed by atoms with Crippen molar-refractivity contribution in [3.63, 3.8) is 0 Å². The van der Waals surface area contributed by atoms with Crippen LogP contribution in [0.1, 0.15) is 24.9 Å². The highest BCUT2D eigenvalue weighted by molar-refractivity contribution is 14.0. The number of aromatic nitrogens is 2. The summed E-state index contributed by atoms with van der Waals surface area (Å²) in [6.45, 7) is 4.97. The monoisotopic (exact) mass is 480 g/mol. The predicted molar refractivity (Wildman–Crippen MR) is 114 cm³/mol. The number of rotatable bonds is 8. The van der Waals surface area contributed by atoms with E-state index in [4.69, 9.17) is 9.47 Å². The fourth-order valence-electron chi connectivity index (χ4n) is 2.80. The van der Waals surface area contributed by atoms with Gasteiger partial charge in [0, 0.05) is 45.0 Å². The fourth-order valence-corrected chi connectivity index (χ4v) is 2.80. The van der Waals surface area contributed by atoms with Crippen LogP contribution >= 0.6 is 24.0 Å². The number of likely N-dealkylation sites (N-methyl/N-ethyl adjacent to an activating group) is 1. The molecule has 1 aromatic heterocycles. The van der Waals surface area contributed by atoms with Crippen molar-refractivity contribution in [2.24, 2.45) is 12.0 Å². The third-order valence-electron chi connectivity index (χ3n) is 4.27. The van der Waals surface area contributed by atoms with Crippen molar-refractivity contribution < 1.29 is 9.47 Å². The van der Waals surface area contributed by atoms with E-state index in [1.165, 1.54) is 5.56 Å². The zero-order valence-electron chi connectivity index (χ0n) is 16.4. The molecule has 0 bridgehead atoms. The molecule has 2 N–H and O–H groups in total. The first-order valence-electron chi connectivity index (χ1n) is 8.81. The third kappa shape index (κ3) is 7.37. The molecule has 0 amide bonds. The number of nitrogens with zero attached hydrogens (tertiary/aromatic N) is 4. The van der Waals surface area contributed by atoms with Crippen molar-refractivity contribution in [2.75, 3.05) is 47.5 Å². The van der Waals surface area contributed by atoms with Crippen molar-refractivity contribution in [1.29, 1.82) is 0 Å². The van der Waals surface area contributed by atoms with Gasteiger partial charge in [-0.05, 0) is 27.4 Å². The largest absolute Gasteiger partial charge is 0.379 e. The highest BCUT2D eigenvalue weighted by atomic mass is 127. The Morgan fingerprint density at radius 2 is 2.31 bits per heavy atom. The molecule has 0 spiro atoms. The first kappa shape index (κ1) is 23.1. The summed E-state index contributed by atoms with van der Waals surface area (Å²) < 4.78 is 13.0. The molecule has 0 saturated carbocycles. The van der Waals surface area contributed by atoms with E-state index < -0.39 is 0 Å². The van der Waals surface area contributed by atoms with Crippen LogP contribution < -0.4 is 10.6 Å². The maximum atomic E-state index is 5.86. The number of hydrogen-bond acceptors (Lipinski definition) is 5. The summed E-state index contributed by atoms with van der Waals surface area (Å²) in [4.78, 5) is 6.48. The summed E-state index contributed by atoms with van der Waals surface area (Å²) in [5.41, 5.74) is 1.17. The number of guanidine groups is 1. The number of hydrogen-bond donors (Lipinski definition) is 2. The van der Waals surface area contributed by atoms with E-state index in [2.05, 4.69) is 46.6 Å². The Balaban J connectivity index is 0.00000338. The molecule has 1 aromatic rings. The summed E-state index contributed by atoms with van der Waals surface area (Å²) in [6.07, 6.45) is 5.16. The maximum absolute atomic E-state index is 5.86. The van der Waals surface area contributed by atoms with E-state index in [1.54, 1.807) is 7.05 Å². The molecule has 1 saturated heterocycles. The van der Waals surface area contributed by atoms with E-state index >= 15 is 0 Å².